The van der Waals surface area contributed by atoms with E-state index < -0.39 is 11.6 Å². The van der Waals surface area contributed by atoms with Crippen molar-refractivity contribution in [2.24, 2.45) is 0 Å². The second-order valence-corrected chi connectivity index (χ2v) is 6.54. The zero-order chi connectivity index (χ0) is 20.4. The molecule has 142 valence electrons. The van der Waals surface area contributed by atoms with E-state index in [0.29, 0.717) is 22.1 Å². The van der Waals surface area contributed by atoms with Gasteiger partial charge in [0.05, 0.1) is 11.1 Å². The zero-order valence-electron chi connectivity index (χ0n) is 15.5. The molecule has 1 aromatic heterocycles. The second-order valence-electron chi connectivity index (χ2n) is 6.54. The molecule has 0 radical (unpaired) electrons. The summed E-state index contributed by atoms with van der Waals surface area (Å²) in [5, 5.41) is 0.600. The summed E-state index contributed by atoms with van der Waals surface area (Å²) in [5.41, 5.74) is 1.41. The molecular formula is C24H16O5. The van der Waals surface area contributed by atoms with Crippen LogP contribution in [-0.2, 0) is 0 Å². The van der Waals surface area contributed by atoms with Crippen molar-refractivity contribution in [2.75, 3.05) is 0 Å². The van der Waals surface area contributed by atoms with Gasteiger partial charge in [-0.15, -0.1) is 0 Å². The zero-order valence-corrected chi connectivity index (χ0v) is 15.5. The molecule has 3 aromatic carbocycles. The van der Waals surface area contributed by atoms with Crippen molar-refractivity contribution in [2.45, 2.75) is 6.92 Å². The van der Waals surface area contributed by atoms with Gasteiger partial charge in [-0.1, -0.05) is 48.5 Å². The molecule has 0 aliphatic carbocycles. The number of rotatable bonds is 4. The molecule has 0 unspecified atom stereocenters. The Hall–Kier alpha value is -3.99. The molecule has 0 amide bonds. The molecule has 4 aromatic rings. The van der Waals surface area contributed by atoms with Crippen LogP contribution in [-0.4, -0.2) is 11.8 Å². The van der Waals surface area contributed by atoms with Crippen LogP contribution in [0.1, 0.15) is 31.8 Å². The van der Waals surface area contributed by atoms with Crippen molar-refractivity contribution < 1.29 is 18.7 Å². The Labute approximate surface area is 166 Å². The molecule has 0 aliphatic heterocycles. The lowest BCUT2D eigenvalue weighted by Crippen LogP contribution is -2.12. The summed E-state index contributed by atoms with van der Waals surface area (Å²) >= 11 is 0. The average molecular weight is 384 g/mol. The summed E-state index contributed by atoms with van der Waals surface area (Å²) in [5.74, 6) is -0.870. The maximum absolute atomic E-state index is 13.1. The van der Waals surface area contributed by atoms with Crippen molar-refractivity contribution in [3.05, 3.63) is 112 Å². The van der Waals surface area contributed by atoms with Crippen LogP contribution in [0, 0.1) is 6.92 Å². The molecule has 4 rings (SSSR count). The summed E-state index contributed by atoms with van der Waals surface area (Å²) < 4.78 is 10.8. The van der Waals surface area contributed by atoms with Crippen molar-refractivity contribution in [3.8, 4) is 5.75 Å². The van der Waals surface area contributed by atoms with Crippen LogP contribution in [0.5, 0.6) is 5.75 Å². The number of carbonyl (C=O) groups is 2. The van der Waals surface area contributed by atoms with Gasteiger partial charge in [-0.05, 0) is 30.7 Å². The predicted octanol–water partition coefficient (Wildman–Crippen LogP) is 4.55. The number of esters is 1. The number of hydrogen-bond donors (Lipinski definition) is 0. The highest BCUT2D eigenvalue weighted by Gasteiger charge is 2.20. The smallest absolute Gasteiger partial charge is 0.343 e. The Morgan fingerprint density at radius 1 is 0.828 bits per heavy atom. The van der Waals surface area contributed by atoms with E-state index in [0.717, 1.165) is 0 Å². The molecule has 0 N–H and O–H groups in total. The Kier molecular flexibility index (Phi) is 4.79. The first kappa shape index (κ1) is 18.4. The van der Waals surface area contributed by atoms with Gasteiger partial charge in [-0.3, -0.25) is 4.79 Å². The minimum absolute atomic E-state index is 0.0361. The van der Waals surface area contributed by atoms with Gasteiger partial charge in [0.2, 0.25) is 0 Å². The summed E-state index contributed by atoms with van der Waals surface area (Å²) in [4.78, 5) is 37.5. The highest BCUT2D eigenvalue weighted by molar-refractivity contribution is 6.13. The van der Waals surface area contributed by atoms with E-state index in [9.17, 15) is 14.4 Å². The third-order valence-electron chi connectivity index (χ3n) is 4.54. The molecule has 1 heterocycles. The van der Waals surface area contributed by atoms with E-state index in [1.54, 1.807) is 67.6 Å². The average Bonchev–Trinajstić information content (AvgIpc) is 2.74. The number of hydrogen-bond acceptors (Lipinski definition) is 5. The molecule has 0 bridgehead atoms. The highest BCUT2D eigenvalue weighted by Crippen LogP contribution is 2.30. The minimum atomic E-state index is -0.609. The van der Waals surface area contributed by atoms with E-state index in [1.807, 2.05) is 6.07 Å². The number of carbonyl (C=O) groups excluding carboxylic acids is 2. The highest BCUT2D eigenvalue weighted by atomic mass is 16.5. The third kappa shape index (κ3) is 3.71. The third-order valence-corrected chi connectivity index (χ3v) is 4.54. The molecule has 5 heteroatoms. The quantitative estimate of drug-likeness (QED) is 0.223. The monoisotopic (exact) mass is 384 g/mol. The second kappa shape index (κ2) is 7.56. The fourth-order valence-electron chi connectivity index (χ4n) is 3.09. The lowest BCUT2D eigenvalue weighted by atomic mass is 9.99. The van der Waals surface area contributed by atoms with Crippen LogP contribution >= 0.6 is 0 Å². The largest absolute Gasteiger partial charge is 0.423 e. The SMILES string of the molecule is Cc1cc(=O)oc2cc(OC(=O)c3ccccc3)c(C(=O)c3ccccc3)cc12. The van der Waals surface area contributed by atoms with Gasteiger partial charge in [-0.2, -0.15) is 0 Å². The Bertz CT molecular complexity index is 1270. The maximum Gasteiger partial charge on any atom is 0.343 e. The minimum Gasteiger partial charge on any atom is -0.423 e. The van der Waals surface area contributed by atoms with Crippen molar-refractivity contribution in [1.29, 1.82) is 0 Å². The molecule has 0 spiro atoms. The Morgan fingerprint density at radius 2 is 1.45 bits per heavy atom. The lowest BCUT2D eigenvalue weighted by Gasteiger charge is -2.12. The van der Waals surface area contributed by atoms with Crippen molar-refractivity contribution >= 4 is 22.7 Å². The van der Waals surface area contributed by atoms with Crippen molar-refractivity contribution in [3.63, 3.8) is 0 Å². The Morgan fingerprint density at radius 3 is 2.10 bits per heavy atom. The van der Waals surface area contributed by atoms with Crippen LogP contribution in [0.15, 0.2) is 88.1 Å². The number of benzene rings is 3. The van der Waals surface area contributed by atoms with Gasteiger partial charge >= 0.3 is 11.6 Å². The van der Waals surface area contributed by atoms with Crippen LogP contribution in [0.2, 0.25) is 0 Å². The topological polar surface area (TPSA) is 73.6 Å². The van der Waals surface area contributed by atoms with Crippen molar-refractivity contribution in [1.82, 2.24) is 0 Å². The van der Waals surface area contributed by atoms with Crippen LogP contribution in [0.3, 0.4) is 0 Å². The van der Waals surface area contributed by atoms with E-state index >= 15 is 0 Å². The molecule has 0 atom stereocenters. The van der Waals surface area contributed by atoms with Crippen LogP contribution < -0.4 is 10.4 Å². The summed E-state index contributed by atoms with van der Waals surface area (Å²) in [6.45, 7) is 1.76. The predicted molar refractivity (Wildman–Crippen MR) is 108 cm³/mol. The van der Waals surface area contributed by atoms with Gasteiger partial charge in [0.15, 0.2) is 5.78 Å². The molecule has 0 saturated carbocycles. The van der Waals surface area contributed by atoms with E-state index in [2.05, 4.69) is 0 Å². The Balaban J connectivity index is 1.87. The lowest BCUT2D eigenvalue weighted by molar-refractivity contribution is 0.0733. The fourth-order valence-corrected chi connectivity index (χ4v) is 3.09. The number of ether oxygens (including phenoxy) is 1. The normalized spacial score (nSPS) is 10.7. The van der Waals surface area contributed by atoms with Gasteiger partial charge in [-0.25, -0.2) is 9.59 Å². The maximum atomic E-state index is 13.1. The summed E-state index contributed by atoms with van der Waals surface area (Å²) in [6, 6.07) is 21.5. The molecule has 0 saturated heterocycles. The first-order valence-electron chi connectivity index (χ1n) is 8.98. The van der Waals surface area contributed by atoms with Gasteiger partial charge < -0.3 is 9.15 Å². The molecule has 0 aliphatic rings. The number of ketones is 1. The number of aryl methyl sites for hydroxylation is 1. The van der Waals surface area contributed by atoms with Crippen LogP contribution in [0.25, 0.3) is 11.0 Å². The van der Waals surface area contributed by atoms with E-state index in [1.165, 1.54) is 12.1 Å². The molecule has 29 heavy (non-hydrogen) atoms. The van der Waals surface area contributed by atoms with Gasteiger partial charge in [0, 0.05) is 23.1 Å². The summed E-state index contributed by atoms with van der Waals surface area (Å²) in [6.07, 6.45) is 0. The van der Waals surface area contributed by atoms with Gasteiger partial charge in [0.1, 0.15) is 11.3 Å². The van der Waals surface area contributed by atoms with E-state index in [-0.39, 0.29) is 22.7 Å². The number of fused-ring (bicyclic) bond motifs is 1. The van der Waals surface area contributed by atoms with Gasteiger partial charge in [0.25, 0.3) is 0 Å². The van der Waals surface area contributed by atoms with E-state index in [4.69, 9.17) is 9.15 Å². The standard InChI is InChI=1S/C24H16O5/c1-15-12-22(25)28-20-14-21(29-24(27)17-10-6-3-7-11-17)19(13-18(15)20)23(26)16-8-4-2-5-9-16/h2-14H,1H3. The molecular weight excluding hydrogens is 368 g/mol. The van der Waals surface area contributed by atoms with Crippen LogP contribution in [0.4, 0.5) is 0 Å². The summed E-state index contributed by atoms with van der Waals surface area (Å²) in [7, 11) is 0. The first-order chi connectivity index (χ1) is 14.0. The fraction of sp³-hybridized carbons (Fsp3) is 0.0417. The molecule has 0 fully saturated rings. The first-order valence-corrected chi connectivity index (χ1v) is 8.98. The molecule has 5 nitrogen and oxygen atoms in total.